The molecule has 0 saturated heterocycles. The van der Waals surface area contributed by atoms with E-state index in [1.807, 2.05) is 5.32 Å². The largest absolute Gasteiger partial charge is 0.480 e. The van der Waals surface area contributed by atoms with E-state index in [1.54, 1.807) is 13.8 Å². The van der Waals surface area contributed by atoms with Gasteiger partial charge in [-0.3, -0.25) is 19.2 Å². The summed E-state index contributed by atoms with van der Waals surface area (Å²) in [6.07, 6.45) is -1.21. The third kappa shape index (κ3) is 7.54. The molecule has 0 aliphatic rings. The number of amides is 4. The van der Waals surface area contributed by atoms with Gasteiger partial charge >= 0.3 is 5.97 Å². The van der Waals surface area contributed by atoms with E-state index >= 15 is 0 Å². The molecule has 0 aliphatic carbocycles. The van der Waals surface area contributed by atoms with Crippen LogP contribution in [0.5, 0.6) is 0 Å². The van der Waals surface area contributed by atoms with Crippen molar-refractivity contribution < 1.29 is 29.1 Å². The molecular weight excluding hydrogens is 322 g/mol. The van der Waals surface area contributed by atoms with Crippen LogP contribution in [0.25, 0.3) is 0 Å². The van der Waals surface area contributed by atoms with Crippen molar-refractivity contribution in [1.82, 2.24) is 10.6 Å². The molecule has 3 atom stereocenters. The van der Waals surface area contributed by atoms with Crippen LogP contribution in [0.15, 0.2) is 0 Å². The summed E-state index contributed by atoms with van der Waals surface area (Å²) in [4.78, 5) is 56.9. The van der Waals surface area contributed by atoms with E-state index in [4.69, 9.17) is 22.3 Å². The maximum absolute atomic E-state index is 12.1. The number of nitrogens with one attached hydrogen (secondary N) is 2. The highest BCUT2D eigenvalue weighted by molar-refractivity contribution is 5.95. The predicted molar refractivity (Wildman–Crippen MR) is 81.9 cm³/mol. The summed E-state index contributed by atoms with van der Waals surface area (Å²) in [6, 6.07) is -3.95. The lowest BCUT2D eigenvalue weighted by Crippen LogP contribution is -2.56. The number of rotatable bonds is 10. The molecule has 3 unspecified atom stereocenters. The highest BCUT2D eigenvalue weighted by Gasteiger charge is 2.30. The Hall–Kier alpha value is -2.69. The Morgan fingerprint density at radius 1 is 0.875 bits per heavy atom. The monoisotopic (exact) mass is 345 g/mol. The molecule has 0 fully saturated rings. The van der Waals surface area contributed by atoms with Gasteiger partial charge in [0.25, 0.3) is 0 Å². The quantitative estimate of drug-likeness (QED) is 0.238. The number of primary amides is 2. The van der Waals surface area contributed by atoms with E-state index < -0.39 is 60.6 Å². The summed E-state index contributed by atoms with van der Waals surface area (Å²) in [5, 5.41) is 13.2. The molecule has 0 aromatic heterocycles. The van der Waals surface area contributed by atoms with Crippen LogP contribution in [0.1, 0.15) is 26.7 Å². The van der Waals surface area contributed by atoms with E-state index in [0.29, 0.717) is 0 Å². The van der Waals surface area contributed by atoms with E-state index in [9.17, 15) is 24.0 Å². The highest BCUT2D eigenvalue weighted by Crippen LogP contribution is 2.02. The van der Waals surface area contributed by atoms with Crippen molar-refractivity contribution in [1.29, 1.82) is 0 Å². The summed E-state index contributed by atoms with van der Waals surface area (Å²) in [6.45, 7) is 3.36. The fourth-order valence-corrected chi connectivity index (χ4v) is 1.65. The second-order valence-corrected chi connectivity index (χ2v) is 5.57. The smallest absolute Gasteiger partial charge is 0.326 e. The van der Waals surface area contributed by atoms with Crippen molar-refractivity contribution in [3.8, 4) is 0 Å². The Bertz CT molecular complexity index is 521. The van der Waals surface area contributed by atoms with Crippen LogP contribution in [0.3, 0.4) is 0 Å². The van der Waals surface area contributed by atoms with Crippen LogP contribution < -0.4 is 27.8 Å². The van der Waals surface area contributed by atoms with Gasteiger partial charge in [0.05, 0.1) is 18.9 Å². The lowest BCUT2D eigenvalue weighted by atomic mass is 10.0. The highest BCUT2D eigenvalue weighted by atomic mass is 16.4. The molecule has 11 nitrogen and oxygen atoms in total. The molecule has 0 radical (unpaired) electrons. The first-order valence-corrected chi connectivity index (χ1v) is 7.11. The molecule has 24 heavy (non-hydrogen) atoms. The first kappa shape index (κ1) is 21.3. The van der Waals surface area contributed by atoms with Crippen molar-refractivity contribution in [2.75, 3.05) is 0 Å². The molecule has 0 spiro atoms. The lowest BCUT2D eigenvalue weighted by molar-refractivity contribution is -0.143. The molecule has 0 bridgehead atoms. The van der Waals surface area contributed by atoms with Gasteiger partial charge in [0.2, 0.25) is 23.6 Å². The molecule has 0 aromatic rings. The number of aliphatic carboxylic acids is 1. The fraction of sp³-hybridized carbons (Fsp3) is 0.615. The fourth-order valence-electron chi connectivity index (χ4n) is 1.65. The van der Waals surface area contributed by atoms with E-state index in [0.717, 1.165) is 0 Å². The standard InChI is InChI=1S/C13H23N5O6/c1-5(2)10(16)12(22)17-6(3-8(14)19)11(21)18-7(13(23)24)4-9(15)20/h5-7,10H,3-4,16H2,1-2H3,(H2,14,19)(H2,15,20)(H,17,22)(H,18,21)(H,23,24). The molecule has 0 rings (SSSR count). The van der Waals surface area contributed by atoms with E-state index in [2.05, 4.69) is 5.32 Å². The maximum Gasteiger partial charge on any atom is 0.326 e. The summed E-state index contributed by atoms with van der Waals surface area (Å²) in [5.74, 6) is -5.26. The van der Waals surface area contributed by atoms with Crippen LogP contribution in [0.4, 0.5) is 0 Å². The Kier molecular flexibility index (Phi) is 8.39. The minimum Gasteiger partial charge on any atom is -0.480 e. The normalized spacial score (nSPS) is 14.3. The van der Waals surface area contributed by atoms with Gasteiger partial charge in [0.1, 0.15) is 12.1 Å². The summed E-state index contributed by atoms with van der Waals surface area (Å²) >= 11 is 0. The Morgan fingerprint density at radius 2 is 1.29 bits per heavy atom. The molecule has 0 saturated carbocycles. The van der Waals surface area contributed by atoms with Gasteiger partial charge in [0.15, 0.2) is 0 Å². The van der Waals surface area contributed by atoms with Gasteiger partial charge < -0.3 is 32.9 Å². The number of carbonyl (C=O) groups excluding carboxylic acids is 4. The topological polar surface area (TPSA) is 208 Å². The van der Waals surface area contributed by atoms with Crippen LogP contribution in [0.2, 0.25) is 0 Å². The first-order chi connectivity index (χ1) is 11.0. The first-order valence-electron chi connectivity index (χ1n) is 7.11. The molecule has 0 aliphatic heterocycles. The summed E-state index contributed by atoms with van der Waals surface area (Å²) < 4.78 is 0. The van der Waals surface area contributed by atoms with Crippen LogP contribution >= 0.6 is 0 Å². The van der Waals surface area contributed by atoms with Crippen LogP contribution in [0, 0.1) is 5.92 Å². The Labute approximate surface area is 138 Å². The third-order valence-corrected chi connectivity index (χ3v) is 3.08. The van der Waals surface area contributed by atoms with Crippen molar-refractivity contribution in [2.24, 2.45) is 23.1 Å². The molecule has 9 N–H and O–H groups in total. The average Bonchev–Trinajstić information content (AvgIpc) is 2.43. The number of hydrogen-bond acceptors (Lipinski definition) is 6. The van der Waals surface area contributed by atoms with Gasteiger partial charge in [0, 0.05) is 0 Å². The zero-order chi connectivity index (χ0) is 19.0. The number of hydrogen-bond donors (Lipinski definition) is 6. The zero-order valence-electron chi connectivity index (χ0n) is 13.4. The van der Waals surface area contributed by atoms with Gasteiger partial charge in [-0.25, -0.2) is 4.79 Å². The average molecular weight is 345 g/mol. The van der Waals surface area contributed by atoms with Crippen molar-refractivity contribution in [2.45, 2.75) is 44.8 Å². The molecule has 136 valence electrons. The molecule has 0 heterocycles. The minimum absolute atomic E-state index is 0.232. The van der Waals surface area contributed by atoms with Crippen LogP contribution in [-0.2, 0) is 24.0 Å². The third-order valence-electron chi connectivity index (χ3n) is 3.08. The predicted octanol–water partition coefficient (Wildman–Crippen LogP) is -3.23. The Balaban J connectivity index is 5.11. The summed E-state index contributed by atoms with van der Waals surface area (Å²) in [5.41, 5.74) is 15.6. The number of carboxylic acids is 1. The number of carbonyl (C=O) groups is 5. The molecule has 0 aromatic carbocycles. The SMILES string of the molecule is CC(C)C(N)C(=O)NC(CC(N)=O)C(=O)NC(CC(N)=O)C(=O)O. The summed E-state index contributed by atoms with van der Waals surface area (Å²) in [7, 11) is 0. The second-order valence-electron chi connectivity index (χ2n) is 5.57. The van der Waals surface area contributed by atoms with Crippen LogP contribution in [-0.4, -0.2) is 52.8 Å². The molecule has 11 heteroatoms. The second kappa shape index (κ2) is 9.45. The van der Waals surface area contributed by atoms with Gasteiger partial charge in [-0.15, -0.1) is 0 Å². The van der Waals surface area contributed by atoms with Gasteiger partial charge in [-0.1, -0.05) is 13.8 Å². The zero-order valence-corrected chi connectivity index (χ0v) is 13.4. The van der Waals surface area contributed by atoms with Crippen molar-refractivity contribution >= 4 is 29.6 Å². The van der Waals surface area contributed by atoms with E-state index in [-0.39, 0.29) is 5.92 Å². The lowest BCUT2D eigenvalue weighted by Gasteiger charge is -2.22. The minimum atomic E-state index is -1.60. The molecule has 4 amide bonds. The Morgan fingerprint density at radius 3 is 1.67 bits per heavy atom. The number of nitrogens with two attached hydrogens (primary N) is 3. The maximum atomic E-state index is 12.1. The van der Waals surface area contributed by atoms with E-state index in [1.165, 1.54) is 0 Å². The van der Waals surface area contributed by atoms with Crippen molar-refractivity contribution in [3.63, 3.8) is 0 Å². The van der Waals surface area contributed by atoms with Gasteiger partial charge in [-0.2, -0.15) is 0 Å². The van der Waals surface area contributed by atoms with Crippen molar-refractivity contribution in [3.05, 3.63) is 0 Å². The number of carboxylic acid groups (broad SMARTS) is 1. The molecular formula is C13H23N5O6. The van der Waals surface area contributed by atoms with Gasteiger partial charge in [-0.05, 0) is 5.92 Å².